The summed E-state index contributed by atoms with van der Waals surface area (Å²) in [6, 6.07) is 2.28. The summed E-state index contributed by atoms with van der Waals surface area (Å²) >= 11 is 0. The summed E-state index contributed by atoms with van der Waals surface area (Å²) < 4.78 is 0. The third-order valence-corrected chi connectivity index (χ3v) is 2.67. The van der Waals surface area contributed by atoms with E-state index >= 15 is 0 Å². The molecule has 1 rings (SSSR count). The average Bonchev–Trinajstić information content (AvgIpc) is 2.26. The van der Waals surface area contributed by atoms with Gasteiger partial charge in [0.25, 0.3) is 0 Å². The van der Waals surface area contributed by atoms with Crippen molar-refractivity contribution in [1.82, 2.24) is 9.97 Å². The van der Waals surface area contributed by atoms with Crippen LogP contribution in [0.5, 0.6) is 0 Å². The van der Waals surface area contributed by atoms with Crippen LogP contribution in [-0.4, -0.2) is 22.6 Å². The summed E-state index contributed by atoms with van der Waals surface area (Å²) in [7, 11) is 0. The first-order valence-electron chi connectivity index (χ1n) is 6.66. The summed E-state index contributed by atoms with van der Waals surface area (Å²) in [5.74, 6) is 2.58. The highest BCUT2D eigenvalue weighted by atomic mass is 15.1. The molecule has 1 heterocycles. The molecule has 1 atom stereocenters. The van der Waals surface area contributed by atoms with Gasteiger partial charge in [0.05, 0.1) is 0 Å². The number of nitrogens with two attached hydrogens (primary N) is 1. The lowest BCUT2D eigenvalue weighted by molar-refractivity contribution is 0.527. The summed E-state index contributed by atoms with van der Waals surface area (Å²) in [5.41, 5.74) is 5.69. The second kappa shape index (κ2) is 7.03. The van der Waals surface area contributed by atoms with Gasteiger partial charge < -0.3 is 16.4 Å². The average molecular weight is 251 g/mol. The van der Waals surface area contributed by atoms with Crippen LogP contribution in [0.4, 0.5) is 17.6 Å². The first-order valence-corrected chi connectivity index (χ1v) is 6.66. The largest absolute Gasteiger partial charge is 0.370 e. The lowest BCUT2D eigenvalue weighted by atomic mass is 10.0. The molecule has 18 heavy (non-hydrogen) atoms. The van der Waals surface area contributed by atoms with Gasteiger partial charge in [-0.2, -0.15) is 9.97 Å². The van der Waals surface area contributed by atoms with Crippen molar-refractivity contribution >= 4 is 17.6 Å². The molecule has 0 aliphatic carbocycles. The SMILES string of the molecule is CCNc1cc(NC(C)CCC(C)C)nc(N)n1. The molecule has 0 bridgehead atoms. The van der Waals surface area contributed by atoms with Crippen LogP contribution in [0.2, 0.25) is 0 Å². The van der Waals surface area contributed by atoms with Crippen LogP contribution < -0.4 is 16.4 Å². The number of aromatic nitrogens is 2. The summed E-state index contributed by atoms with van der Waals surface area (Å²) in [4.78, 5) is 8.32. The van der Waals surface area contributed by atoms with E-state index in [4.69, 9.17) is 5.73 Å². The fraction of sp³-hybridized carbons (Fsp3) is 0.692. The molecule has 1 unspecified atom stereocenters. The first kappa shape index (κ1) is 14.5. The Morgan fingerprint density at radius 3 is 2.44 bits per heavy atom. The van der Waals surface area contributed by atoms with E-state index in [2.05, 4.69) is 41.4 Å². The number of hydrogen-bond acceptors (Lipinski definition) is 5. The maximum Gasteiger partial charge on any atom is 0.223 e. The Morgan fingerprint density at radius 1 is 1.17 bits per heavy atom. The molecule has 5 heteroatoms. The maximum absolute atomic E-state index is 5.69. The number of hydrogen-bond donors (Lipinski definition) is 3. The Balaban J connectivity index is 2.60. The van der Waals surface area contributed by atoms with E-state index < -0.39 is 0 Å². The summed E-state index contributed by atoms with van der Waals surface area (Å²) in [6.07, 6.45) is 2.33. The quantitative estimate of drug-likeness (QED) is 0.694. The van der Waals surface area contributed by atoms with Gasteiger partial charge in [0.2, 0.25) is 5.95 Å². The van der Waals surface area contributed by atoms with Gasteiger partial charge in [0.15, 0.2) is 0 Å². The predicted molar refractivity (Wildman–Crippen MR) is 77.8 cm³/mol. The Labute approximate surface area is 110 Å². The van der Waals surface area contributed by atoms with Crippen molar-refractivity contribution in [3.8, 4) is 0 Å². The molecule has 0 saturated carbocycles. The van der Waals surface area contributed by atoms with Gasteiger partial charge in [-0.1, -0.05) is 13.8 Å². The number of rotatable bonds is 7. The van der Waals surface area contributed by atoms with E-state index in [1.54, 1.807) is 0 Å². The smallest absolute Gasteiger partial charge is 0.223 e. The fourth-order valence-electron chi connectivity index (χ4n) is 1.72. The molecule has 102 valence electrons. The highest BCUT2D eigenvalue weighted by Gasteiger charge is 2.07. The summed E-state index contributed by atoms with van der Waals surface area (Å²) in [6.45, 7) is 9.47. The van der Waals surface area contributed by atoms with Crippen molar-refractivity contribution < 1.29 is 0 Å². The Kier molecular flexibility index (Phi) is 5.68. The van der Waals surface area contributed by atoms with Crippen molar-refractivity contribution in [2.24, 2.45) is 5.92 Å². The van der Waals surface area contributed by atoms with Gasteiger partial charge in [-0.3, -0.25) is 0 Å². The van der Waals surface area contributed by atoms with Crippen molar-refractivity contribution in [2.75, 3.05) is 22.9 Å². The van der Waals surface area contributed by atoms with Crippen LogP contribution in [0.1, 0.15) is 40.5 Å². The molecular formula is C13H25N5. The van der Waals surface area contributed by atoms with E-state index in [1.807, 2.05) is 13.0 Å². The minimum atomic E-state index is 0.298. The van der Waals surface area contributed by atoms with Crippen LogP contribution in [0.3, 0.4) is 0 Å². The molecule has 0 aliphatic rings. The molecule has 0 amide bonds. The zero-order chi connectivity index (χ0) is 13.5. The number of nitrogen functional groups attached to an aromatic ring is 1. The lowest BCUT2D eigenvalue weighted by Crippen LogP contribution is -2.17. The molecule has 0 aliphatic heterocycles. The fourth-order valence-corrected chi connectivity index (χ4v) is 1.72. The minimum Gasteiger partial charge on any atom is -0.370 e. The summed E-state index contributed by atoms with van der Waals surface area (Å²) in [5, 5.41) is 6.51. The number of nitrogens with one attached hydrogen (secondary N) is 2. The molecule has 0 fully saturated rings. The molecule has 0 saturated heterocycles. The Hall–Kier alpha value is -1.52. The van der Waals surface area contributed by atoms with Gasteiger partial charge in [-0.25, -0.2) is 0 Å². The standard InChI is InChI=1S/C13H25N5/c1-5-15-11-8-12(18-13(14)17-11)16-10(4)7-6-9(2)3/h8-10H,5-7H2,1-4H3,(H4,14,15,16,17,18). The van der Waals surface area contributed by atoms with Crippen molar-refractivity contribution in [2.45, 2.75) is 46.6 Å². The molecular weight excluding hydrogens is 226 g/mol. The molecule has 0 aromatic carbocycles. The van der Waals surface area contributed by atoms with Gasteiger partial charge in [0.1, 0.15) is 11.6 Å². The maximum atomic E-state index is 5.69. The van der Waals surface area contributed by atoms with Crippen molar-refractivity contribution in [3.05, 3.63) is 6.07 Å². The van der Waals surface area contributed by atoms with E-state index in [9.17, 15) is 0 Å². The molecule has 0 radical (unpaired) electrons. The molecule has 1 aromatic heterocycles. The van der Waals surface area contributed by atoms with Crippen LogP contribution in [0.15, 0.2) is 6.07 Å². The van der Waals surface area contributed by atoms with E-state index in [0.29, 0.717) is 12.0 Å². The molecule has 5 nitrogen and oxygen atoms in total. The molecule has 0 spiro atoms. The van der Waals surface area contributed by atoms with E-state index in [1.165, 1.54) is 6.42 Å². The zero-order valence-electron chi connectivity index (χ0n) is 11.8. The predicted octanol–water partition coefficient (Wildman–Crippen LogP) is 2.73. The van der Waals surface area contributed by atoms with Crippen LogP contribution >= 0.6 is 0 Å². The van der Waals surface area contributed by atoms with E-state index in [0.717, 1.165) is 30.5 Å². The molecule has 1 aromatic rings. The monoisotopic (exact) mass is 251 g/mol. The van der Waals surface area contributed by atoms with Crippen molar-refractivity contribution in [3.63, 3.8) is 0 Å². The highest BCUT2D eigenvalue weighted by molar-refractivity contribution is 5.51. The number of anilines is 3. The molecule has 4 N–H and O–H groups in total. The Morgan fingerprint density at radius 2 is 1.83 bits per heavy atom. The third kappa shape index (κ3) is 5.21. The Bertz CT molecular complexity index is 364. The minimum absolute atomic E-state index is 0.298. The lowest BCUT2D eigenvalue weighted by Gasteiger charge is -2.16. The van der Waals surface area contributed by atoms with Gasteiger partial charge in [-0.05, 0) is 32.6 Å². The van der Waals surface area contributed by atoms with Gasteiger partial charge >= 0.3 is 0 Å². The highest BCUT2D eigenvalue weighted by Crippen LogP contribution is 2.15. The first-order chi connectivity index (χ1) is 8.51. The second-order valence-electron chi connectivity index (χ2n) is 5.04. The normalized spacial score (nSPS) is 12.5. The topological polar surface area (TPSA) is 75.9 Å². The van der Waals surface area contributed by atoms with Crippen LogP contribution in [0, 0.1) is 5.92 Å². The van der Waals surface area contributed by atoms with E-state index in [-0.39, 0.29) is 0 Å². The third-order valence-electron chi connectivity index (χ3n) is 2.67. The number of nitrogens with zero attached hydrogens (tertiary/aromatic N) is 2. The van der Waals surface area contributed by atoms with Gasteiger partial charge in [0, 0.05) is 18.7 Å². The van der Waals surface area contributed by atoms with Crippen molar-refractivity contribution in [1.29, 1.82) is 0 Å². The second-order valence-corrected chi connectivity index (χ2v) is 5.04. The van der Waals surface area contributed by atoms with Gasteiger partial charge in [-0.15, -0.1) is 0 Å². The zero-order valence-corrected chi connectivity index (χ0v) is 11.8. The van der Waals surface area contributed by atoms with Crippen LogP contribution in [0.25, 0.3) is 0 Å². The van der Waals surface area contributed by atoms with Crippen LogP contribution in [-0.2, 0) is 0 Å².